The number of hydrogen-bond acceptors (Lipinski definition) is 3. The molecule has 20 heavy (non-hydrogen) atoms. The first kappa shape index (κ1) is 14.8. The van der Waals surface area contributed by atoms with E-state index in [1.165, 1.54) is 0 Å². The van der Waals surface area contributed by atoms with E-state index in [0.29, 0.717) is 31.8 Å². The molecule has 0 aliphatic carbocycles. The minimum absolute atomic E-state index is 0.0602. The van der Waals surface area contributed by atoms with Crippen LogP contribution in [0.5, 0.6) is 0 Å². The molecule has 7 nitrogen and oxygen atoms in total. The van der Waals surface area contributed by atoms with Crippen molar-refractivity contribution in [2.24, 2.45) is 28.3 Å². The molecule has 0 aromatic heterocycles. The molecule has 2 saturated heterocycles. The Bertz CT molecular complexity index is 411. The molecule has 0 spiro atoms. The maximum Gasteiger partial charge on any atom is 0.252 e. The Morgan fingerprint density at radius 2 is 1.90 bits per heavy atom. The van der Waals surface area contributed by atoms with Gasteiger partial charge in [0.05, 0.1) is 6.04 Å². The monoisotopic (exact) mass is 281 g/mol. The number of likely N-dealkylation sites (tertiary alicyclic amines) is 1. The van der Waals surface area contributed by atoms with Gasteiger partial charge in [0.1, 0.15) is 0 Å². The Balaban J connectivity index is 1.83. The molecule has 0 radical (unpaired) electrons. The second-order valence-electron chi connectivity index (χ2n) is 5.78. The Morgan fingerprint density at radius 3 is 2.40 bits per heavy atom. The zero-order chi connectivity index (χ0) is 14.7. The average Bonchev–Trinajstić information content (AvgIpc) is 2.84. The van der Waals surface area contributed by atoms with E-state index in [4.69, 9.17) is 11.5 Å². The first-order valence-electron chi connectivity index (χ1n) is 7.13. The molecule has 2 fully saturated rings. The zero-order valence-electron chi connectivity index (χ0n) is 11.8. The van der Waals surface area contributed by atoms with Crippen LogP contribution in [0.2, 0.25) is 0 Å². The molecule has 2 amide bonds. The number of nitrogens with one attached hydrogen (secondary N) is 1. The summed E-state index contributed by atoms with van der Waals surface area (Å²) in [7, 11) is 0. The Labute approximate surface area is 118 Å². The van der Waals surface area contributed by atoms with Gasteiger partial charge in [0.25, 0.3) is 5.91 Å². The van der Waals surface area contributed by atoms with E-state index < -0.39 is 0 Å². The van der Waals surface area contributed by atoms with Gasteiger partial charge >= 0.3 is 0 Å². The number of guanidine groups is 1. The lowest BCUT2D eigenvalue weighted by Crippen LogP contribution is -2.47. The van der Waals surface area contributed by atoms with Crippen LogP contribution >= 0.6 is 0 Å². The number of piperidine rings is 1. The summed E-state index contributed by atoms with van der Waals surface area (Å²) in [6.45, 7) is 4.24. The molecule has 2 aliphatic rings. The summed E-state index contributed by atoms with van der Waals surface area (Å²) < 4.78 is 0. The molecule has 0 saturated carbocycles. The molecule has 112 valence electrons. The quantitative estimate of drug-likeness (QED) is 0.445. The summed E-state index contributed by atoms with van der Waals surface area (Å²) in [5, 5.41) is 3.25. The number of nitrogens with two attached hydrogens (primary N) is 2. The highest BCUT2D eigenvalue weighted by atomic mass is 16.2. The van der Waals surface area contributed by atoms with Crippen molar-refractivity contribution >= 4 is 17.8 Å². The third-order valence-corrected chi connectivity index (χ3v) is 4.04. The van der Waals surface area contributed by atoms with Gasteiger partial charge in [-0.25, -0.2) is 0 Å². The van der Waals surface area contributed by atoms with E-state index in [9.17, 15) is 9.59 Å². The Hall–Kier alpha value is -1.63. The van der Waals surface area contributed by atoms with Gasteiger partial charge in [0.15, 0.2) is 5.96 Å². The molecule has 2 rings (SSSR count). The molecule has 2 aliphatic heterocycles. The average molecular weight is 281 g/mol. The SMILES string of the molecule is CC1CNC(C(=O)N2CCC(C(=O)N=C(N)N)CC2)C1. The van der Waals surface area contributed by atoms with Gasteiger partial charge in [0.2, 0.25) is 5.91 Å². The van der Waals surface area contributed by atoms with Crippen LogP contribution in [0.1, 0.15) is 26.2 Å². The number of carbonyl (C=O) groups excluding carboxylic acids is 2. The summed E-state index contributed by atoms with van der Waals surface area (Å²) in [6.07, 6.45) is 2.15. The minimum Gasteiger partial charge on any atom is -0.370 e. The van der Waals surface area contributed by atoms with Crippen LogP contribution in [-0.4, -0.2) is 48.3 Å². The molecule has 0 bridgehead atoms. The molecule has 5 N–H and O–H groups in total. The fraction of sp³-hybridized carbons (Fsp3) is 0.769. The molecular formula is C13H23N5O2. The standard InChI is InChI=1S/C13H23N5O2/c1-8-6-10(16-7-8)12(20)18-4-2-9(3-5-18)11(19)17-13(14)15/h8-10,16H,2-7H2,1H3,(H4,14,15,17,19). The van der Waals surface area contributed by atoms with Crippen molar-refractivity contribution < 1.29 is 9.59 Å². The number of nitrogens with zero attached hydrogens (tertiary/aromatic N) is 2. The summed E-state index contributed by atoms with van der Waals surface area (Å²) in [5.41, 5.74) is 10.4. The smallest absolute Gasteiger partial charge is 0.252 e. The molecule has 2 heterocycles. The molecule has 7 heteroatoms. The predicted molar refractivity (Wildman–Crippen MR) is 75.7 cm³/mol. The van der Waals surface area contributed by atoms with Crippen molar-refractivity contribution in [2.75, 3.05) is 19.6 Å². The van der Waals surface area contributed by atoms with Crippen molar-refractivity contribution in [3.05, 3.63) is 0 Å². The molecule has 0 aromatic rings. The zero-order valence-corrected chi connectivity index (χ0v) is 11.8. The van der Waals surface area contributed by atoms with E-state index in [-0.39, 0.29) is 29.7 Å². The van der Waals surface area contributed by atoms with E-state index in [1.807, 2.05) is 4.90 Å². The highest BCUT2D eigenvalue weighted by Gasteiger charge is 2.33. The van der Waals surface area contributed by atoms with E-state index in [1.54, 1.807) is 0 Å². The minimum atomic E-state index is -0.273. The van der Waals surface area contributed by atoms with Gasteiger partial charge in [0, 0.05) is 19.0 Å². The Morgan fingerprint density at radius 1 is 1.25 bits per heavy atom. The van der Waals surface area contributed by atoms with Crippen LogP contribution in [0.4, 0.5) is 0 Å². The van der Waals surface area contributed by atoms with E-state index in [2.05, 4.69) is 17.2 Å². The largest absolute Gasteiger partial charge is 0.370 e. The third-order valence-electron chi connectivity index (χ3n) is 4.04. The highest BCUT2D eigenvalue weighted by Crippen LogP contribution is 2.21. The molecular weight excluding hydrogens is 258 g/mol. The maximum atomic E-state index is 12.3. The van der Waals surface area contributed by atoms with Gasteiger partial charge < -0.3 is 21.7 Å². The number of hydrogen-bond donors (Lipinski definition) is 3. The fourth-order valence-corrected chi connectivity index (χ4v) is 2.89. The molecule has 0 aromatic carbocycles. The van der Waals surface area contributed by atoms with Gasteiger partial charge in [-0.05, 0) is 31.7 Å². The number of aliphatic imine (C=N–C) groups is 1. The lowest BCUT2D eigenvalue weighted by Gasteiger charge is -2.32. The van der Waals surface area contributed by atoms with Crippen LogP contribution < -0.4 is 16.8 Å². The topological polar surface area (TPSA) is 114 Å². The van der Waals surface area contributed by atoms with Crippen LogP contribution in [0, 0.1) is 11.8 Å². The summed E-state index contributed by atoms with van der Waals surface area (Å²) >= 11 is 0. The van der Waals surface area contributed by atoms with Crippen LogP contribution in [0.15, 0.2) is 4.99 Å². The van der Waals surface area contributed by atoms with Gasteiger partial charge in [-0.15, -0.1) is 0 Å². The number of carbonyl (C=O) groups is 2. The van der Waals surface area contributed by atoms with Crippen molar-refractivity contribution in [3.8, 4) is 0 Å². The second-order valence-corrected chi connectivity index (χ2v) is 5.78. The summed E-state index contributed by atoms with van der Waals surface area (Å²) in [4.78, 5) is 29.5. The first-order chi connectivity index (χ1) is 9.47. The third kappa shape index (κ3) is 3.47. The van der Waals surface area contributed by atoms with Gasteiger partial charge in [-0.1, -0.05) is 6.92 Å². The highest BCUT2D eigenvalue weighted by molar-refractivity contribution is 5.92. The van der Waals surface area contributed by atoms with Crippen molar-refractivity contribution in [3.63, 3.8) is 0 Å². The fourth-order valence-electron chi connectivity index (χ4n) is 2.89. The van der Waals surface area contributed by atoms with Crippen molar-refractivity contribution in [1.82, 2.24) is 10.2 Å². The van der Waals surface area contributed by atoms with Crippen molar-refractivity contribution in [2.45, 2.75) is 32.2 Å². The van der Waals surface area contributed by atoms with E-state index >= 15 is 0 Å². The van der Waals surface area contributed by atoms with Crippen LogP contribution in [0.25, 0.3) is 0 Å². The van der Waals surface area contributed by atoms with E-state index in [0.717, 1.165) is 13.0 Å². The summed E-state index contributed by atoms with van der Waals surface area (Å²) in [6, 6.07) is -0.0602. The predicted octanol–water partition coefficient (Wildman–Crippen LogP) is -0.977. The van der Waals surface area contributed by atoms with Crippen LogP contribution in [0.3, 0.4) is 0 Å². The summed E-state index contributed by atoms with van der Waals surface area (Å²) in [5.74, 6) is 0.0611. The lowest BCUT2D eigenvalue weighted by molar-refractivity contribution is -0.136. The van der Waals surface area contributed by atoms with Crippen molar-refractivity contribution in [1.29, 1.82) is 0 Å². The van der Waals surface area contributed by atoms with Crippen LogP contribution in [-0.2, 0) is 9.59 Å². The van der Waals surface area contributed by atoms with Gasteiger partial charge in [-0.2, -0.15) is 4.99 Å². The molecule has 2 unspecified atom stereocenters. The number of amides is 2. The van der Waals surface area contributed by atoms with Gasteiger partial charge in [-0.3, -0.25) is 9.59 Å². The lowest BCUT2D eigenvalue weighted by atomic mass is 9.95. The second kappa shape index (κ2) is 6.21. The Kier molecular flexibility index (Phi) is 4.59. The maximum absolute atomic E-state index is 12.3. The first-order valence-corrected chi connectivity index (χ1v) is 7.13. The molecule has 2 atom stereocenters. The normalized spacial score (nSPS) is 27.4. The number of rotatable bonds is 2.